The number of benzene rings is 2. The Balaban J connectivity index is 1.84. The summed E-state index contributed by atoms with van der Waals surface area (Å²) in [7, 11) is 1.64. The Kier molecular flexibility index (Phi) is 5.91. The summed E-state index contributed by atoms with van der Waals surface area (Å²) >= 11 is 5.18. The standard InChI is InChI=1S/C17H19N3OS/c1-3-13-4-6-14(7-5-13)12-18-20-17(22)19-15-8-10-16(21-2)11-9-15/h4-12H,3H2,1-2H3,(H2,19,20,22)/b18-12-. The molecule has 0 aliphatic carbocycles. The maximum atomic E-state index is 5.18. The van der Waals surface area contributed by atoms with Gasteiger partial charge in [0.2, 0.25) is 0 Å². The van der Waals surface area contributed by atoms with E-state index in [9.17, 15) is 0 Å². The lowest BCUT2D eigenvalue weighted by Gasteiger charge is -2.07. The van der Waals surface area contributed by atoms with Gasteiger partial charge in [0.05, 0.1) is 13.3 Å². The third-order valence-corrected chi connectivity index (χ3v) is 3.31. The molecule has 0 atom stereocenters. The number of rotatable bonds is 5. The van der Waals surface area contributed by atoms with Crippen LogP contribution in [0.25, 0.3) is 0 Å². The number of methoxy groups -OCH3 is 1. The first kappa shape index (κ1) is 16.0. The molecule has 0 aliphatic heterocycles. The van der Waals surface area contributed by atoms with E-state index in [2.05, 4.69) is 34.9 Å². The zero-order valence-corrected chi connectivity index (χ0v) is 13.5. The summed E-state index contributed by atoms with van der Waals surface area (Å²) in [6.07, 6.45) is 2.77. The van der Waals surface area contributed by atoms with Crippen molar-refractivity contribution < 1.29 is 4.74 Å². The molecule has 114 valence electrons. The number of anilines is 1. The first-order chi connectivity index (χ1) is 10.7. The van der Waals surface area contributed by atoms with Gasteiger partial charge in [-0.05, 0) is 54.0 Å². The van der Waals surface area contributed by atoms with Gasteiger partial charge in [-0.25, -0.2) is 0 Å². The fourth-order valence-electron chi connectivity index (χ4n) is 1.84. The van der Waals surface area contributed by atoms with Gasteiger partial charge in [0.25, 0.3) is 0 Å². The van der Waals surface area contributed by atoms with Gasteiger partial charge < -0.3 is 10.1 Å². The van der Waals surface area contributed by atoms with Crippen LogP contribution in [0.4, 0.5) is 5.69 Å². The van der Waals surface area contributed by atoms with Crippen LogP contribution in [0.5, 0.6) is 5.75 Å². The van der Waals surface area contributed by atoms with Crippen LogP contribution in [0, 0.1) is 0 Å². The number of ether oxygens (including phenoxy) is 1. The van der Waals surface area contributed by atoms with E-state index in [4.69, 9.17) is 17.0 Å². The van der Waals surface area contributed by atoms with Crippen LogP contribution < -0.4 is 15.5 Å². The van der Waals surface area contributed by atoms with Gasteiger partial charge in [-0.2, -0.15) is 5.10 Å². The zero-order chi connectivity index (χ0) is 15.8. The summed E-state index contributed by atoms with van der Waals surface area (Å²) in [5.74, 6) is 0.804. The third-order valence-electron chi connectivity index (χ3n) is 3.12. The predicted molar refractivity (Wildman–Crippen MR) is 95.8 cm³/mol. The maximum absolute atomic E-state index is 5.18. The molecule has 0 aromatic heterocycles. The minimum Gasteiger partial charge on any atom is -0.497 e. The average Bonchev–Trinajstić information content (AvgIpc) is 2.56. The Labute approximate surface area is 136 Å². The van der Waals surface area contributed by atoms with E-state index < -0.39 is 0 Å². The molecule has 2 aromatic carbocycles. The number of hydrogen-bond donors (Lipinski definition) is 2. The predicted octanol–water partition coefficient (Wildman–Crippen LogP) is 3.58. The lowest BCUT2D eigenvalue weighted by molar-refractivity contribution is 0.415. The van der Waals surface area contributed by atoms with Gasteiger partial charge >= 0.3 is 0 Å². The fourth-order valence-corrected chi connectivity index (χ4v) is 2.01. The van der Waals surface area contributed by atoms with Gasteiger partial charge in [-0.3, -0.25) is 5.43 Å². The van der Waals surface area contributed by atoms with Crippen molar-refractivity contribution in [3.8, 4) is 5.75 Å². The molecule has 0 heterocycles. The molecular formula is C17H19N3OS. The van der Waals surface area contributed by atoms with E-state index in [1.807, 2.05) is 36.4 Å². The van der Waals surface area contributed by atoms with Crippen molar-refractivity contribution >= 4 is 29.2 Å². The Hall–Kier alpha value is -2.40. The van der Waals surface area contributed by atoms with E-state index in [0.29, 0.717) is 5.11 Å². The normalized spacial score (nSPS) is 10.5. The number of nitrogens with zero attached hydrogens (tertiary/aromatic N) is 1. The summed E-state index contributed by atoms with van der Waals surface area (Å²) in [5, 5.41) is 7.61. The first-order valence-electron chi connectivity index (χ1n) is 7.04. The van der Waals surface area contributed by atoms with E-state index in [0.717, 1.165) is 23.4 Å². The summed E-state index contributed by atoms with van der Waals surface area (Å²) in [4.78, 5) is 0. The zero-order valence-electron chi connectivity index (χ0n) is 12.7. The number of hydrogen-bond acceptors (Lipinski definition) is 3. The molecule has 4 nitrogen and oxygen atoms in total. The van der Waals surface area contributed by atoms with Crippen LogP contribution in [0.1, 0.15) is 18.1 Å². The number of aryl methyl sites for hydroxylation is 1. The lowest BCUT2D eigenvalue weighted by atomic mass is 10.1. The lowest BCUT2D eigenvalue weighted by Crippen LogP contribution is -2.23. The van der Waals surface area contributed by atoms with Crippen LogP contribution >= 0.6 is 12.2 Å². The largest absolute Gasteiger partial charge is 0.497 e. The quantitative estimate of drug-likeness (QED) is 0.503. The van der Waals surface area contributed by atoms with Gasteiger partial charge in [0.15, 0.2) is 5.11 Å². The SMILES string of the molecule is CCc1ccc(/C=N\NC(=S)Nc2ccc(OC)cc2)cc1. The average molecular weight is 313 g/mol. The Morgan fingerprint density at radius 2 is 1.82 bits per heavy atom. The Morgan fingerprint density at radius 3 is 2.41 bits per heavy atom. The highest BCUT2D eigenvalue weighted by Gasteiger charge is 1.97. The molecule has 0 saturated heterocycles. The highest BCUT2D eigenvalue weighted by molar-refractivity contribution is 7.80. The summed E-state index contributed by atoms with van der Waals surface area (Å²) in [5.41, 5.74) is 6.00. The highest BCUT2D eigenvalue weighted by atomic mass is 32.1. The molecule has 0 radical (unpaired) electrons. The Morgan fingerprint density at radius 1 is 1.14 bits per heavy atom. The van der Waals surface area contributed by atoms with Crippen LogP contribution in [-0.4, -0.2) is 18.4 Å². The second-order valence-electron chi connectivity index (χ2n) is 4.65. The summed E-state index contributed by atoms with van der Waals surface area (Å²) in [6, 6.07) is 15.8. The molecule has 0 spiro atoms. The van der Waals surface area contributed by atoms with Gasteiger partial charge in [0, 0.05) is 5.69 Å². The van der Waals surface area contributed by atoms with Crippen molar-refractivity contribution in [1.82, 2.24) is 5.43 Å². The second kappa shape index (κ2) is 8.14. The molecule has 0 amide bonds. The second-order valence-corrected chi connectivity index (χ2v) is 5.06. The number of nitrogens with one attached hydrogen (secondary N) is 2. The summed E-state index contributed by atoms with van der Waals surface area (Å²) < 4.78 is 5.10. The number of thiocarbonyl (C=S) groups is 1. The molecule has 5 heteroatoms. The summed E-state index contributed by atoms with van der Waals surface area (Å²) in [6.45, 7) is 2.13. The minimum atomic E-state index is 0.437. The van der Waals surface area contributed by atoms with Crippen molar-refractivity contribution in [3.63, 3.8) is 0 Å². The van der Waals surface area contributed by atoms with Crippen LogP contribution in [0.3, 0.4) is 0 Å². The third kappa shape index (κ3) is 4.86. The molecule has 0 aliphatic rings. The molecular weight excluding hydrogens is 294 g/mol. The van der Waals surface area contributed by atoms with Crippen LogP contribution in [0.15, 0.2) is 53.6 Å². The van der Waals surface area contributed by atoms with E-state index in [1.54, 1.807) is 13.3 Å². The molecule has 2 aromatic rings. The Bertz CT molecular complexity index is 636. The molecule has 0 fully saturated rings. The molecule has 22 heavy (non-hydrogen) atoms. The van der Waals surface area contributed by atoms with Crippen LogP contribution in [-0.2, 0) is 6.42 Å². The highest BCUT2D eigenvalue weighted by Crippen LogP contribution is 2.14. The molecule has 2 rings (SSSR count). The van der Waals surface area contributed by atoms with Gasteiger partial charge in [0.1, 0.15) is 5.75 Å². The first-order valence-corrected chi connectivity index (χ1v) is 7.45. The van der Waals surface area contributed by atoms with E-state index >= 15 is 0 Å². The minimum absolute atomic E-state index is 0.437. The van der Waals surface area contributed by atoms with Crippen molar-refractivity contribution in [2.24, 2.45) is 5.10 Å². The van der Waals surface area contributed by atoms with Crippen molar-refractivity contribution in [1.29, 1.82) is 0 Å². The smallest absolute Gasteiger partial charge is 0.191 e. The van der Waals surface area contributed by atoms with E-state index in [1.165, 1.54) is 5.56 Å². The van der Waals surface area contributed by atoms with Crippen molar-refractivity contribution in [2.45, 2.75) is 13.3 Å². The van der Waals surface area contributed by atoms with Gasteiger partial charge in [-0.15, -0.1) is 0 Å². The molecule has 2 N–H and O–H groups in total. The monoisotopic (exact) mass is 313 g/mol. The van der Waals surface area contributed by atoms with E-state index in [-0.39, 0.29) is 0 Å². The maximum Gasteiger partial charge on any atom is 0.191 e. The molecule has 0 unspecified atom stereocenters. The van der Waals surface area contributed by atoms with Crippen LogP contribution in [0.2, 0.25) is 0 Å². The fraction of sp³-hybridized carbons (Fsp3) is 0.176. The molecule has 0 saturated carbocycles. The van der Waals surface area contributed by atoms with Crippen molar-refractivity contribution in [2.75, 3.05) is 12.4 Å². The number of hydrazone groups is 1. The van der Waals surface area contributed by atoms with Crippen molar-refractivity contribution in [3.05, 3.63) is 59.7 Å². The van der Waals surface area contributed by atoms with Gasteiger partial charge in [-0.1, -0.05) is 31.2 Å². The molecule has 0 bridgehead atoms. The topological polar surface area (TPSA) is 45.7 Å².